The van der Waals surface area contributed by atoms with Crippen LogP contribution < -0.4 is 15.5 Å². The molecule has 130 valence electrons. The molecule has 1 aromatic rings. The van der Waals surface area contributed by atoms with Crippen LogP contribution in [-0.2, 0) is 11.2 Å². The second-order valence-electron chi connectivity index (χ2n) is 6.62. The van der Waals surface area contributed by atoms with E-state index in [-0.39, 0.29) is 5.91 Å². The van der Waals surface area contributed by atoms with Crippen molar-refractivity contribution in [1.82, 2.24) is 10.6 Å². The van der Waals surface area contributed by atoms with Gasteiger partial charge < -0.3 is 15.5 Å². The first-order valence-electron chi connectivity index (χ1n) is 9.18. The lowest BCUT2D eigenvalue weighted by molar-refractivity contribution is -0.118. The molecule has 2 N–H and O–H groups in total. The molecule has 1 heterocycles. The highest BCUT2D eigenvalue weighted by Gasteiger charge is 2.23. The van der Waals surface area contributed by atoms with Crippen molar-refractivity contribution in [2.75, 3.05) is 31.1 Å². The van der Waals surface area contributed by atoms with Crippen LogP contribution in [0.3, 0.4) is 0 Å². The highest BCUT2D eigenvalue weighted by Crippen LogP contribution is 2.29. The van der Waals surface area contributed by atoms with E-state index < -0.39 is 0 Å². The Morgan fingerprint density at radius 3 is 2.92 bits per heavy atom. The maximum Gasteiger partial charge on any atom is 0.227 e. The van der Waals surface area contributed by atoms with Crippen molar-refractivity contribution in [2.45, 2.75) is 39.0 Å². The van der Waals surface area contributed by atoms with Gasteiger partial charge >= 0.3 is 0 Å². The van der Waals surface area contributed by atoms with Crippen LogP contribution in [0.4, 0.5) is 5.69 Å². The monoisotopic (exact) mass is 328 g/mol. The van der Waals surface area contributed by atoms with E-state index in [1.807, 2.05) is 23.1 Å². The molecule has 0 saturated heterocycles. The van der Waals surface area contributed by atoms with Crippen LogP contribution in [0, 0.1) is 5.92 Å². The molecule has 24 heavy (non-hydrogen) atoms. The first-order valence-corrected chi connectivity index (χ1v) is 9.18. The Labute approximate surface area is 144 Å². The topological polar surface area (TPSA) is 56.7 Å². The van der Waals surface area contributed by atoms with E-state index in [0.717, 1.165) is 56.6 Å². The van der Waals surface area contributed by atoms with Gasteiger partial charge in [-0.15, -0.1) is 0 Å². The third-order valence-corrected chi connectivity index (χ3v) is 4.60. The summed E-state index contributed by atoms with van der Waals surface area (Å²) in [5.74, 6) is 1.89. The number of amides is 1. The van der Waals surface area contributed by atoms with Crippen LogP contribution >= 0.6 is 0 Å². The van der Waals surface area contributed by atoms with E-state index in [1.165, 1.54) is 18.4 Å². The minimum atomic E-state index is 0.224. The van der Waals surface area contributed by atoms with Crippen molar-refractivity contribution in [1.29, 1.82) is 0 Å². The van der Waals surface area contributed by atoms with Crippen molar-refractivity contribution < 1.29 is 4.79 Å². The van der Waals surface area contributed by atoms with Gasteiger partial charge in [0.1, 0.15) is 0 Å². The SMILES string of the molecule is CCNC(=NCC1CC1)NCCCC(=O)N1CCc2ccccc21. The minimum absolute atomic E-state index is 0.224. The fourth-order valence-electron chi connectivity index (χ4n) is 3.04. The van der Waals surface area contributed by atoms with Crippen molar-refractivity contribution in [2.24, 2.45) is 10.9 Å². The maximum atomic E-state index is 12.5. The third-order valence-electron chi connectivity index (χ3n) is 4.60. The number of rotatable bonds is 7. The van der Waals surface area contributed by atoms with Gasteiger partial charge in [-0.2, -0.15) is 0 Å². The summed E-state index contributed by atoms with van der Waals surface area (Å²) in [5.41, 5.74) is 2.38. The van der Waals surface area contributed by atoms with E-state index in [2.05, 4.69) is 28.6 Å². The standard InChI is InChI=1S/C19H28N4O/c1-2-20-19(22-14-15-9-10-15)21-12-5-8-18(24)23-13-11-16-6-3-4-7-17(16)23/h3-4,6-7,15H,2,5,8-14H2,1H3,(H2,20,21,22). The fourth-order valence-corrected chi connectivity index (χ4v) is 3.04. The zero-order valence-corrected chi connectivity index (χ0v) is 14.6. The molecule has 5 nitrogen and oxygen atoms in total. The lowest BCUT2D eigenvalue weighted by Crippen LogP contribution is -2.38. The zero-order chi connectivity index (χ0) is 16.8. The molecule has 0 radical (unpaired) electrons. The second kappa shape index (κ2) is 8.18. The van der Waals surface area contributed by atoms with Gasteiger partial charge in [0.05, 0.1) is 0 Å². The molecule has 1 amide bonds. The van der Waals surface area contributed by atoms with Gasteiger partial charge in [-0.3, -0.25) is 9.79 Å². The van der Waals surface area contributed by atoms with Gasteiger partial charge in [0, 0.05) is 38.3 Å². The molecule has 5 heteroatoms. The number of hydrogen-bond acceptors (Lipinski definition) is 2. The van der Waals surface area contributed by atoms with E-state index in [4.69, 9.17) is 0 Å². The van der Waals surface area contributed by atoms with Crippen LogP contribution in [0.5, 0.6) is 0 Å². The fraction of sp³-hybridized carbons (Fsp3) is 0.579. The van der Waals surface area contributed by atoms with Crippen LogP contribution in [0.15, 0.2) is 29.3 Å². The molecule has 0 atom stereocenters. The molecule has 1 saturated carbocycles. The molecule has 0 unspecified atom stereocenters. The molecule has 0 spiro atoms. The Morgan fingerprint density at radius 2 is 2.12 bits per heavy atom. The molecule has 1 fully saturated rings. The number of guanidine groups is 1. The zero-order valence-electron chi connectivity index (χ0n) is 14.6. The lowest BCUT2D eigenvalue weighted by Gasteiger charge is -2.17. The average molecular weight is 328 g/mol. The van der Waals surface area contributed by atoms with Gasteiger partial charge in [-0.25, -0.2) is 0 Å². The van der Waals surface area contributed by atoms with Crippen LogP contribution in [0.1, 0.15) is 38.2 Å². The first-order chi connectivity index (χ1) is 11.8. The summed E-state index contributed by atoms with van der Waals surface area (Å²) >= 11 is 0. The number of anilines is 1. The second-order valence-corrected chi connectivity index (χ2v) is 6.62. The summed E-state index contributed by atoms with van der Waals surface area (Å²) in [4.78, 5) is 19.0. The molecule has 1 aromatic carbocycles. The number of carbonyl (C=O) groups is 1. The quantitative estimate of drug-likeness (QED) is 0.459. The number of hydrogen-bond donors (Lipinski definition) is 2. The van der Waals surface area contributed by atoms with Gasteiger partial charge in [-0.05, 0) is 50.2 Å². The number of carbonyl (C=O) groups excluding carboxylic acids is 1. The molecule has 0 aromatic heterocycles. The highest BCUT2D eigenvalue weighted by molar-refractivity contribution is 5.95. The minimum Gasteiger partial charge on any atom is -0.357 e. The summed E-state index contributed by atoms with van der Waals surface area (Å²) in [6.45, 7) is 5.44. The lowest BCUT2D eigenvalue weighted by atomic mass is 10.2. The van der Waals surface area contributed by atoms with Gasteiger partial charge in [0.15, 0.2) is 5.96 Å². The summed E-state index contributed by atoms with van der Waals surface area (Å²) in [6, 6.07) is 8.21. The molecular formula is C19H28N4O. The molecule has 1 aliphatic heterocycles. The van der Waals surface area contributed by atoms with E-state index in [0.29, 0.717) is 6.42 Å². The number of fused-ring (bicyclic) bond motifs is 1. The van der Waals surface area contributed by atoms with Crippen molar-refractivity contribution in [3.63, 3.8) is 0 Å². The Bertz CT molecular complexity index is 595. The highest BCUT2D eigenvalue weighted by atomic mass is 16.2. The number of nitrogens with one attached hydrogen (secondary N) is 2. The van der Waals surface area contributed by atoms with Crippen molar-refractivity contribution in [3.05, 3.63) is 29.8 Å². The largest absolute Gasteiger partial charge is 0.357 e. The molecule has 3 rings (SSSR count). The Morgan fingerprint density at radius 1 is 1.29 bits per heavy atom. The summed E-state index contributed by atoms with van der Waals surface area (Å²) in [7, 11) is 0. The van der Waals surface area contributed by atoms with Crippen molar-refractivity contribution >= 4 is 17.6 Å². The van der Waals surface area contributed by atoms with E-state index in [1.54, 1.807) is 0 Å². The van der Waals surface area contributed by atoms with Crippen LogP contribution in [-0.4, -0.2) is 38.0 Å². The third kappa shape index (κ3) is 4.49. The van der Waals surface area contributed by atoms with Gasteiger partial charge in [-0.1, -0.05) is 18.2 Å². The average Bonchev–Trinajstić information content (AvgIpc) is 3.33. The molecular weight excluding hydrogens is 300 g/mol. The van der Waals surface area contributed by atoms with Crippen LogP contribution in [0.25, 0.3) is 0 Å². The normalized spacial score (nSPS) is 16.9. The van der Waals surface area contributed by atoms with Gasteiger partial charge in [0.2, 0.25) is 5.91 Å². The first kappa shape index (κ1) is 16.8. The number of nitrogens with zero attached hydrogens (tertiary/aromatic N) is 2. The van der Waals surface area contributed by atoms with E-state index in [9.17, 15) is 4.79 Å². The van der Waals surface area contributed by atoms with Crippen LogP contribution in [0.2, 0.25) is 0 Å². The van der Waals surface area contributed by atoms with Crippen molar-refractivity contribution in [3.8, 4) is 0 Å². The van der Waals surface area contributed by atoms with Gasteiger partial charge in [0.25, 0.3) is 0 Å². The summed E-state index contributed by atoms with van der Waals surface area (Å²) in [6.07, 6.45) is 5.00. The summed E-state index contributed by atoms with van der Waals surface area (Å²) in [5, 5.41) is 6.60. The number of benzene rings is 1. The number of para-hydroxylation sites is 1. The number of aliphatic imine (C=N–C) groups is 1. The molecule has 0 bridgehead atoms. The molecule has 2 aliphatic rings. The Kier molecular flexibility index (Phi) is 5.72. The van der Waals surface area contributed by atoms with E-state index >= 15 is 0 Å². The predicted molar refractivity (Wildman–Crippen MR) is 98.4 cm³/mol. The Hall–Kier alpha value is -2.04. The predicted octanol–water partition coefficient (Wildman–Crippen LogP) is 2.32. The smallest absolute Gasteiger partial charge is 0.227 e. The summed E-state index contributed by atoms with van der Waals surface area (Å²) < 4.78 is 0. The maximum absolute atomic E-state index is 12.5. The Balaban J connectivity index is 1.41. The molecule has 1 aliphatic carbocycles.